The molecule has 4 nitrogen and oxygen atoms in total. The molecule has 6 heteroatoms. The zero-order chi connectivity index (χ0) is 22.7. The number of phenolic OH excluding ortho intramolecular Hbond substituents is 1. The van der Waals surface area contributed by atoms with Crippen molar-refractivity contribution in [1.82, 2.24) is 9.88 Å². The van der Waals surface area contributed by atoms with Gasteiger partial charge in [0.05, 0.1) is 11.2 Å². The normalized spacial score (nSPS) is 11.3. The summed E-state index contributed by atoms with van der Waals surface area (Å²) in [6, 6.07) is 19.2. The lowest BCUT2D eigenvalue weighted by Gasteiger charge is -2.21. The van der Waals surface area contributed by atoms with Crippen LogP contribution in [0.2, 0.25) is 10.0 Å². The van der Waals surface area contributed by atoms with Crippen LogP contribution < -0.4 is 5.32 Å². The fraction of sp³-hybridized carbons (Fsp3) is 0.192. The van der Waals surface area contributed by atoms with Gasteiger partial charge >= 0.3 is 0 Å². The maximum absolute atomic E-state index is 11.2. The number of anilines is 2. The van der Waals surface area contributed by atoms with E-state index in [1.54, 1.807) is 6.20 Å². The molecule has 0 saturated heterocycles. The van der Waals surface area contributed by atoms with E-state index < -0.39 is 0 Å². The van der Waals surface area contributed by atoms with Gasteiger partial charge in [-0.15, -0.1) is 0 Å². The van der Waals surface area contributed by atoms with Crippen molar-refractivity contribution >= 4 is 45.5 Å². The molecule has 4 rings (SSSR count). The van der Waals surface area contributed by atoms with Crippen LogP contribution in [0.5, 0.6) is 5.75 Å². The van der Waals surface area contributed by atoms with E-state index in [-0.39, 0.29) is 5.75 Å². The summed E-state index contributed by atoms with van der Waals surface area (Å²) >= 11 is 12.2. The lowest BCUT2D eigenvalue weighted by atomic mass is 10.00. The average Bonchev–Trinajstić information content (AvgIpc) is 2.80. The van der Waals surface area contributed by atoms with Crippen LogP contribution in [0.15, 0.2) is 66.9 Å². The monoisotopic (exact) mass is 465 g/mol. The van der Waals surface area contributed by atoms with Crippen LogP contribution in [0.3, 0.4) is 0 Å². The molecular formula is C26H25Cl2N3O. The average molecular weight is 466 g/mol. The summed E-state index contributed by atoms with van der Waals surface area (Å²) in [5.41, 5.74) is 5.19. The minimum atomic E-state index is 0.244. The molecule has 0 saturated carbocycles. The first-order valence-corrected chi connectivity index (χ1v) is 11.4. The van der Waals surface area contributed by atoms with Crippen LogP contribution in [-0.2, 0) is 6.54 Å². The topological polar surface area (TPSA) is 48.4 Å². The molecule has 0 unspecified atom stereocenters. The second kappa shape index (κ2) is 9.78. The third-order valence-electron chi connectivity index (χ3n) is 5.63. The Balaban J connectivity index is 1.81. The minimum Gasteiger partial charge on any atom is -0.505 e. The molecular weight excluding hydrogens is 441 g/mol. The van der Waals surface area contributed by atoms with Crippen molar-refractivity contribution in [1.29, 1.82) is 0 Å². The second-order valence-corrected chi connectivity index (χ2v) is 8.52. The van der Waals surface area contributed by atoms with Crippen molar-refractivity contribution in [3.05, 3.63) is 82.5 Å². The fourth-order valence-corrected chi connectivity index (χ4v) is 4.08. The highest BCUT2D eigenvalue weighted by atomic mass is 35.5. The van der Waals surface area contributed by atoms with E-state index >= 15 is 0 Å². The molecule has 4 aromatic rings. The van der Waals surface area contributed by atoms with E-state index in [1.165, 1.54) is 0 Å². The van der Waals surface area contributed by atoms with Gasteiger partial charge in [0.15, 0.2) is 0 Å². The van der Waals surface area contributed by atoms with Crippen molar-refractivity contribution < 1.29 is 5.11 Å². The summed E-state index contributed by atoms with van der Waals surface area (Å²) in [6.07, 6.45) is 1.73. The molecule has 0 amide bonds. The highest BCUT2D eigenvalue weighted by Crippen LogP contribution is 2.38. The molecule has 3 aromatic carbocycles. The number of benzene rings is 3. The minimum absolute atomic E-state index is 0.244. The first-order valence-electron chi connectivity index (χ1n) is 10.6. The predicted octanol–water partition coefficient (Wildman–Crippen LogP) is 7.50. The molecule has 2 N–H and O–H groups in total. The van der Waals surface area contributed by atoms with Gasteiger partial charge in [-0.2, -0.15) is 0 Å². The van der Waals surface area contributed by atoms with Crippen molar-refractivity contribution in [2.24, 2.45) is 0 Å². The predicted molar refractivity (Wildman–Crippen MR) is 135 cm³/mol. The Labute approximate surface area is 198 Å². The highest BCUT2D eigenvalue weighted by Gasteiger charge is 2.15. The van der Waals surface area contributed by atoms with Gasteiger partial charge in [-0.25, -0.2) is 0 Å². The summed E-state index contributed by atoms with van der Waals surface area (Å²) in [5.74, 6) is 0.244. The first-order chi connectivity index (χ1) is 15.5. The lowest BCUT2D eigenvalue weighted by molar-refractivity contribution is 0.291. The molecule has 1 aromatic heterocycles. The van der Waals surface area contributed by atoms with Gasteiger partial charge in [-0.1, -0.05) is 49.2 Å². The maximum atomic E-state index is 11.2. The largest absolute Gasteiger partial charge is 0.505 e. The molecule has 0 radical (unpaired) electrons. The maximum Gasteiger partial charge on any atom is 0.143 e. The van der Waals surface area contributed by atoms with E-state index in [9.17, 15) is 5.11 Å². The number of aromatic nitrogens is 1. The van der Waals surface area contributed by atoms with E-state index in [0.717, 1.165) is 46.4 Å². The van der Waals surface area contributed by atoms with Crippen LogP contribution >= 0.6 is 23.2 Å². The van der Waals surface area contributed by atoms with Crippen molar-refractivity contribution in [2.75, 3.05) is 18.4 Å². The Kier molecular flexibility index (Phi) is 6.85. The molecule has 0 bridgehead atoms. The number of pyridine rings is 1. The van der Waals surface area contributed by atoms with E-state index in [2.05, 4.69) is 29.0 Å². The van der Waals surface area contributed by atoms with Gasteiger partial charge in [0, 0.05) is 39.4 Å². The number of nitrogens with one attached hydrogen (secondary N) is 1. The van der Waals surface area contributed by atoms with Crippen molar-refractivity contribution in [2.45, 2.75) is 20.4 Å². The molecule has 1 heterocycles. The quantitative estimate of drug-likeness (QED) is 0.277. The number of hydrogen-bond donors (Lipinski definition) is 2. The molecule has 164 valence electrons. The summed E-state index contributed by atoms with van der Waals surface area (Å²) in [4.78, 5) is 6.69. The lowest BCUT2D eigenvalue weighted by Crippen LogP contribution is -2.22. The third kappa shape index (κ3) is 4.83. The Hall–Kier alpha value is -2.79. The number of aromatic hydroxyl groups is 1. The van der Waals surface area contributed by atoms with Crippen molar-refractivity contribution in [3.63, 3.8) is 0 Å². The van der Waals surface area contributed by atoms with Gasteiger partial charge in [-0.05, 0) is 72.7 Å². The zero-order valence-electron chi connectivity index (χ0n) is 18.1. The van der Waals surface area contributed by atoms with E-state index in [1.807, 2.05) is 60.7 Å². The molecule has 0 aliphatic heterocycles. The summed E-state index contributed by atoms with van der Waals surface area (Å²) in [7, 11) is 0. The van der Waals surface area contributed by atoms with Gasteiger partial charge in [-0.3, -0.25) is 9.88 Å². The van der Waals surface area contributed by atoms with E-state index in [4.69, 9.17) is 23.2 Å². The molecule has 0 atom stereocenters. The van der Waals surface area contributed by atoms with Gasteiger partial charge < -0.3 is 10.4 Å². The zero-order valence-corrected chi connectivity index (χ0v) is 19.6. The highest BCUT2D eigenvalue weighted by molar-refractivity contribution is 6.31. The number of nitrogens with zero attached hydrogens (tertiary/aromatic N) is 2. The molecule has 0 aliphatic carbocycles. The van der Waals surface area contributed by atoms with Gasteiger partial charge in [0.1, 0.15) is 5.75 Å². The third-order valence-corrected chi connectivity index (χ3v) is 6.12. The number of rotatable bonds is 7. The first kappa shape index (κ1) is 22.4. The molecule has 0 fully saturated rings. The Morgan fingerprint density at radius 1 is 0.844 bits per heavy atom. The standard InChI is InChI=1S/C26H25Cl2N3O/c1-3-31(4-2)16-19-13-18(17-5-7-20(27)8-6-17)14-25(26(19)32)30-23-11-12-29-24-15-21(28)9-10-22(23)24/h5-15,32H,3-4,16H2,1-2H3,(H,29,30). The van der Waals surface area contributed by atoms with Gasteiger partial charge in [0.2, 0.25) is 0 Å². The molecule has 0 spiro atoms. The van der Waals surface area contributed by atoms with Crippen molar-refractivity contribution in [3.8, 4) is 16.9 Å². The van der Waals surface area contributed by atoms with Gasteiger partial charge in [0.25, 0.3) is 0 Å². The Morgan fingerprint density at radius 3 is 2.28 bits per heavy atom. The van der Waals surface area contributed by atoms with E-state index in [0.29, 0.717) is 22.3 Å². The summed E-state index contributed by atoms with van der Waals surface area (Å²) in [6.45, 7) is 6.70. The Morgan fingerprint density at radius 2 is 1.56 bits per heavy atom. The molecule has 32 heavy (non-hydrogen) atoms. The summed E-state index contributed by atoms with van der Waals surface area (Å²) < 4.78 is 0. The van der Waals surface area contributed by atoms with Crippen LogP contribution in [-0.4, -0.2) is 28.1 Å². The number of hydrogen-bond acceptors (Lipinski definition) is 4. The Bertz CT molecular complexity index is 1240. The second-order valence-electron chi connectivity index (χ2n) is 7.64. The number of fused-ring (bicyclic) bond motifs is 1. The van der Waals surface area contributed by atoms with Crippen LogP contribution in [0, 0.1) is 0 Å². The fourth-order valence-electron chi connectivity index (χ4n) is 3.78. The van der Waals surface area contributed by atoms with Crippen LogP contribution in [0.25, 0.3) is 22.0 Å². The van der Waals surface area contributed by atoms with Crippen LogP contribution in [0.1, 0.15) is 19.4 Å². The number of halogens is 2. The SMILES string of the molecule is CCN(CC)Cc1cc(-c2ccc(Cl)cc2)cc(Nc2ccnc3cc(Cl)ccc23)c1O. The number of phenols is 1. The summed E-state index contributed by atoms with van der Waals surface area (Å²) in [5, 5.41) is 16.9. The smallest absolute Gasteiger partial charge is 0.143 e. The molecule has 0 aliphatic rings. The van der Waals surface area contributed by atoms with Crippen LogP contribution in [0.4, 0.5) is 11.4 Å².